The number of rotatable bonds is 3. The Morgan fingerprint density at radius 2 is 1.77 bits per heavy atom. The second-order valence-electron chi connectivity index (χ2n) is 4.63. The van der Waals surface area contributed by atoms with E-state index in [1.54, 1.807) is 30.5 Å². The van der Waals surface area contributed by atoms with Crippen molar-refractivity contribution in [3.63, 3.8) is 0 Å². The van der Waals surface area contributed by atoms with E-state index in [9.17, 15) is 18.0 Å². The Morgan fingerprint density at radius 1 is 1.09 bits per heavy atom. The SMILES string of the molecule is Cc1ccc(S(C)(=O)=O)cc1C(=O)NNC(=O)c1cccs1. The van der Waals surface area contributed by atoms with Gasteiger partial charge in [-0.2, -0.15) is 0 Å². The zero-order valence-electron chi connectivity index (χ0n) is 11.9. The van der Waals surface area contributed by atoms with Gasteiger partial charge < -0.3 is 0 Å². The molecule has 0 atom stereocenters. The van der Waals surface area contributed by atoms with E-state index in [0.29, 0.717) is 10.4 Å². The summed E-state index contributed by atoms with van der Waals surface area (Å²) < 4.78 is 23.1. The minimum atomic E-state index is -3.41. The lowest BCUT2D eigenvalue weighted by atomic mass is 10.1. The predicted molar refractivity (Wildman–Crippen MR) is 83.5 cm³/mol. The number of hydrogen-bond donors (Lipinski definition) is 2. The average Bonchev–Trinajstić information content (AvgIpc) is 2.97. The van der Waals surface area contributed by atoms with E-state index in [4.69, 9.17) is 0 Å². The van der Waals surface area contributed by atoms with Crippen LogP contribution in [0.5, 0.6) is 0 Å². The van der Waals surface area contributed by atoms with Crippen molar-refractivity contribution in [2.75, 3.05) is 6.26 Å². The van der Waals surface area contributed by atoms with Crippen LogP contribution in [0.25, 0.3) is 0 Å². The molecule has 0 saturated carbocycles. The molecular formula is C14H14N2O4S2. The molecule has 1 aromatic carbocycles. The summed E-state index contributed by atoms with van der Waals surface area (Å²) in [4.78, 5) is 24.4. The highest BCUT2D eigenvalue weighted by Gasteiger charge is 2.15. The smallest absolute Gasteiger partial charge is 0.267 e. The molecule has 1 aromatic heterocycles. The van der Waals surface area contributed by atoms with Gasteiger partial charge in [0, 0.05) is 11.8 Å². The van der Waals surface area contributed by atoms with Gasteiger partial charge in [0.1, 0.15) is 0 Å². The Kier molecular flexibility index (Phi) is 4.62. The minimum Gasteiger partial charge on any atom is -0.267 e. The van der Waals surface area contributed by atoms with Gasteiger partial charge in [0.25, 0.3) is 11.8 Å². The van der Waals surface area contributed by atoms with Crippen LogP contribution in [-0.2, 0) is 9.84 Å². The number of carbonyl (C=O) groups excluding carboxylic acids is 2. The molecule has 0 bridgehead atoms. The van der Waals surface area contributed by atoms with Crippen molar-refractivity contribution in [3.8, 4) is 0 Å². The number of hydrazine groups is 1. The van der Waals surface area contributed by atoms with Crippen molar-refractivity contribution >= 4 is 33.0 Å². The topological polar surface area (TPSA) is 92.3 Å². The summed E-state index contributed by atoms with van der Waals surface area (Å²) in [5, 5.41) is 1.75. The van der Waals surface area contributed by atoms with Crippen LogP contribution in [0, 0.1) is 6.92 Å². The molecule has 0 spiro atoms. The highest BCUT2D eigenvalue weighted by atomic mass is 32.2. The molecule has 8 heteroatoms. The third kappa shape index (κ3) is 3.71. The first-order chi connectivity index (χ1) is 10.3. The largest absolute Gasteiger partial charge is 0.279 e. The molecule has 2 N–H and O–H groups in total. The van der Waals surface area contributed by atoms with Crippen molar-refractivity contribution in [1.29, 1.82) is 0 Å². The van der Waals surface area contributed by atoms with Gasteiger partial charge in [-0.15, -0.1) is 11.3 Å². The summed E-state index contributed by atoms with van der Waals surface area (Å²) in [6.45, 7) is 1.68. The molecule has 2 aromatic rings. The zero-order valence-corrected chi connectivity index (χ0v) is 13.5. The maximum Gasteiger partial charge on any atom is 0.279 e. The Labute approximate surface area is 132 Å². The number of thiophene rings is 1. The summed E-state index contributed by atoms with van der Waals surface area (Å²) in [5.74, 6) is -1.01. The van der Waals surface area contributed by atoms with Crippen LogP contribution in [0.15, 0.2) is 40.6 Å². The molecule has 22 heavy (non-hydrogen) atoms. The van der Waals surface area contributed by atoms with Crippen molar-refractivity contribution in [2.45, 2.75) is 11.8 Å². The van der Waals surface area contributed by atoms with E-state index in [2.05, 4.69) is 10.9 Å². The van der Waals surface area contributed by atoms with Gasteiger partial charge in [-0.1, -0.05) is 12.1 Å². The number of nitrogens with one attached hydrogen (secondary N) is 2. The average molecular weight is 338 g/mol. The molecule has 0 aliphatic carbocycles. The van der Waals surface area contributed by atoms with Crippen LogP contribution in [0.4, 0.5) is 0 Å². The second kappa shape index (κ2) is 6.29. The molecule has 6 nitrogen and oxygen atoms in total. The minimum absolute atomic E-state index is 0.0489. The highest BCUT2D eigenvalue weighted by molar-refractivity contribution is 7.90. The van der Waals surface area contributed by atoms with Crippen LogP contribution in [-0.4, -0.2) is 26.5 Å². The van der Waals surface area contributed by atoms with Crippen molar-refractivity contribution in [2.24, 2.45) is 0 Å². The van der Waals surface area contributed by atoms with Gasteiger partial charge in [0.2, 0.25) is 0 Å². The number of aryl methyl sites for hydroxylation is 1. The Bertz CT molecular complexity index is 811. The van der Waals surface area contributed by atoms with Gasteiger partial charge in [-0.3, -0.25) is 20.4 Å². The molecule has 1 heterocycles. The summed E-state index contributed by atoms with van der Waals surface area (Å²) >= 11 is 1.24. The number of hydrogen-bond acceptors (Lipinski definition) is 5. The van der Waals surface area contributed by atoms with Gasteiger partial charge >= 0.3 is 0 Å². The zero-order chi connectivity index (χ0) is 16.3. The lowest BCUT2D eigenvalue weighted by Gasteiger charge is -2.09. The van der Waals surface area contributed by atoms with Gasteiger partial charge in [0.15, 0.2) is 9.84 Å². The quantitative estimate of drug-likeness (QED) is 0.830. The van der Waals surface area contributed by atoms with Gasteiger partial charge in [0.05, 0.1) is 9.77 Å². The Balaban J connectivity index is 2.14. The van der Waals surface area contributed by atoms with Crippen LogP contribution in [0.3, 0.4) is 0 Å². The van der Waals surface area contributed by atoms with Crippen LogP contribution in [0.2, 0.25) is 0 Å². The molecule has 2 rings (SSSR count). The van der Waals surface area contributed by atoms with Crippen LogP contribution < -0.4 is 10.9 Å². The summed E-state index contributed by atoms with van der Waals surface area (Å²) in [7, 11) is -3.41. The third-order valence-corrected chi connectivity index (χ3v) is 4.90. The summed E-state index contributed by atoms with van der Waals surface area (Å²) in [6, 6.07) is 7.62. The lowest BCUT2D eigenvalue weighted by molar-refractivity contribution is 0.0848. The standard InChI is InChI=1S/C14H14N2O4S2/c1-9-5-6-10(22(2,19)20)8-11(9)13(17)15-16-14(18)12-4-3-7-21-12/h3-8H,1-2H3,(H,15,17)(H,16,18). The predicted octanol–water partition coefficient (Wildman–Crippen LogP) is 1.53. The van der Waals surface area contributed by atoms with Crippen LogP contribution >= 0.6 is 11.3 Å². The Hall–Kier alpha value is -2.19. The van der Waals surface area contributed by atoms with Gasteiger partial charge in [-0.05, 0) is 36.1 Å². The second-order valence-corrected chi connectivity index (χ2v) is 7.60. The number of amides is 2. The Morgan fingerprint density at radius 3 is 2.36 bits per heavy atom. The maximum absolute atomic E-state index is 12.1. The lowest BCUT2D eigenvalue weighted by Crippen LogP contribution is -2.41. The molecule has 0 aliphatic heterocycles. The summed E-state index contributed by atoms with van der Waals surface area (Å²) in [6.07, 6.45) is 1.07. The monoisotopic (exact) mass is 338 g/mol. The number of carbonyl (C=O) groups is 2. The number of sulfone groups is 1. The third-order valence-electron chi connectivity index (χ3n) is 2.92. The van der Waals surface area contributed by atoms with E-state index in [0.717, 1.165) is 6.26 Å². The maximum atomic E-state index is 12.1. The normalized spacial score (nSPS) is 11.0. The fourth-order valence-corrected chi connectivity index (χ4v) is 2.99. The fourth-order valence-electron chi connectivity index (χ4n) is 1.73. The molecular weight excluding hydrogens is 324 g/mol. The number of benzene rings is 1. The summed E-state index contributed by atoms with van der Waals surface area (Å²) in [5.41, 5.74) is 5.37. The molecule has 116 valence electrons. The van der Waals surface area contributed by atoms with Crippen molar-refractivity contribution in [3.05, 3.63) is 51.7 Å². The first-order valence-electron chi connectivity index (χ1n) is 6.24. The van der Waals surface area contributed by atoms with Crippen molar-refractivity contribution in [1.82, 2.24) is 10.9 Å². The van der Waals surface area contributed by atoms with E-state index >= 15 is 0 Å². The van der Waals surface area contributed by atoms with E-state index in [1.807, 2.05) is 0 Å². The first-order valence-corrected chi connectivity index (χ1v) is 9.01. The first kappa shape index (κ1) is 16.2. The van der Waals surface area contributed by atoms with Gasteiger partial charge in [-0.25, -0.2) is 8.42 Å². The molecule has 0 saturated heterocycles. The molecule has 0 fully saturated rings. The van der Waals surface area contributed by atoms with Crippen molar-refractivity contribution < 1.29 is 18.0 Å². The van der Waals surface area contributed by atoms with E-state index in [-0.39, 0.29) is 10.5 Å². The molecule has 0 radical (unpaired) electrons. The van der Waals surface area contributed by atoms with E-state index in [1.165, 1.54) is 23.5 Å². The van der Waals surface area contributed by atoms with Crippen LogP contribution in [0.1, 0.15) is 25.6 Å². The highest BCUT2D eigenvalue weighted by Crippen LogP contribution is 2.15. The fraction of sp³-hybridized carbons (Fsp3) is 0.143. The molecule has 0 unspecified atom stereocenters. The molecule has 0 aliphatic rings. The van der Waals surface area contributed by atoms with E-state index < -0.39 is 21.7 Å². The molecule has 2 amide bonds.